The van der Waals surface area contributed by atoms with Gasteiger partial charge < -0.3 is 9.42 Å². The average Bonchev–Trinajstić information content (AvgIpc) is 2.85. The summed E-state index contributed by atoms with van der Waals surface area (Å²) in [4.78, 5) is 13.6. The van der Waals surface area contributed by atoms with Gasteiger partial charge >= 0.3 is 6.03 Å². The third-order valence-corrected chi connectivity index (χ3v) is 2.88. The van der Waals surface area contributed by atoms with E-state index in [0.29, 0.717) is 5.82 Å². The maximum absolute atomic E-state index is 11.8. The maximum Gasteiger partial charge on any atom is 0.323 e. The van der Waals surface area contributed by atoms with Crippen molar-refractivity contribution in [3.8, 4) is 0 Å². The van der Waals surface area contributed by atoms with Crippen LogP contribution in [0.25, 0.3) is 0 Å². The molecule has 1 N–H and O–H groups in total. The van der Waals surface area contributed by atoms with Crippen LogP contribution < -0.4 is 5.32 Å². The molecule has 0 bridgehead atoms. The lowest BCUT2D eigenvalue weighted by molar-refractivity contribution is 0.222. The molecule has 0 aromatic carbocycles. The zero-order valence-electron chi connectivity index (χ0n) is 10.6. The summed E-state index contributed by atoms with van der Waals surface area (Å²) in [6.45, 7) is 7.78. The maximum atomic E-state index is 11.8. The van der Waals surface area contributed by atoms with Gasteiger partial charge in [0.05, 0.1) is 0 Å². The lowest BCUT2D eigenvalue weighted by Gasteiger charge is -2.14. The number of carbonyl (C=O) groups is 1. The molecule has 17 heavy (non-hydrogen) atoms. The SMILES string of the molecule is CC(C)(C)c1cc(NC(=O)N2CCCC2)no1. The predicted octanol–water partition coefficient (Wildman–Crippen LogP) is 2.60. The van der Waals surface area contributed by atoms with Crippen LogP contribution in [0, 0.1) is 0 Å². The highest BCUT2D eigenvalue weighted by Gasteiger charge is 2.22. The summed E-state index contributed by atoms with van der Waals surface area (Å²) >= 11 is 0. The van der Waals surface area contributed by atoms with Gasteiger partial charge in [-0.2, -0.15) is 0 Å². The molecule has 2 rings (SSSR count). The molecule has 1 aromatic heterocycles. The molecule has 0 spiro atoms. The van der Waals surface area contributed by atoms with Crippen molar-refractivity contribution in [2.45, 2.75) is 39.0 Å². The topological polar surface area (TPSA) is 58.4 Å². The van der Waals surface area contributed by atoms with Gasteiger partial charge in [0, 0.05) is 24.6 Å². The minimum atomic E-state index is -0.0936. The van der Waals surface area contributed by atoms with Crippen LogP contribution in [0.3, 0.4) is 0 Å². The van der Waals surface area contributed by atoms with Crippen molar-refractivity contribution in [1.82, 2.24) is 10.1 Å². The van der Waals surface area contributed by atoms with E-state index in [9.17, 15) is 4.79 Å². The number of nitrogens with zero attached hydrogens (tertiary/aromatic N) is 2. The van der Waals surface area contributed by atoms with Gasteiger partial charge in [-0.25, -0.2) is 4.79 Å². The fourth-order valence-corrected chi connectivity index (χ4v) is 1.80. The third kappa shape index (κ3) is 2.78. The van der Waals surface area contributed by atoms with E-state index < -0.39 is 0 Å². The van der Waals surface area contributed by atoms with Gasteiger partial charge in [-0.15, -0.1) is 0 Å². The van der Waals surface area contributed by atoms with Crippen LogP contribution in [0.2, 0.25) is 0 Å². The molecule has 0 unspecified atom stereocenters. The zero-order chi connectivity index (χ0) is 12.5. The van der Waals surface area contributed by atoms with E-state index in [1.807, 2.05) is 20.8 Å². The van der Waals surface area contributed by atoms with E-state index in [1.165, 1.54) is 0 Å². The number of likely N-dealkylation sites (tertiary alicyclic amines) is 1. The quantitative estimate of drug-likeness (QED) is 0.816. The number of hydrogen-bond donors (Lipinski definition) is 1. The van der Waals surface area contributed by atoms with E-state index in [4.69, 9.17) is 4.52 Å². The van der Waals surface area contributed by atoms with Crippen molar-refractivity contribution in [2.75, 3.05) is 18.4 Å². The summed E-state index contributed by atoms with van der Waals surface area (Å²) in [5.41, 5.74) is -0.0936. The molecule has 1 aliphatic rings. The molecule has 1 saturated heterocycles. The first-order valence-corrected chi connectivity index (χ1v) is 6.00. The molecule has 0 radical (unpaired) electrons. The Kier molecular flexibility index (Phi) is 3.09. The predicted molar refractivity (Wildman–Crippen MR) is 65.0 cm³/mol. The summed E-state index contributed by atoms with van der Waals surface area (Å²) < 4.78 is 5.21. The van der Waals surface area contributed by atoms with Crippen LogP contribution in [0.1, 0.15) is 39.4 Å². The van der Waals surface area contributed by atoms with Gasteiger partial charge in [0.15, 0.2) is 5.82 Å². The second-order valence-corrected chi connectivity index (χ2v) is 5.45. The highest BCUT2D eigenvalue weighted by Crippen LogP contribution is 2.24. The van der Waals surface area contributed by atoms with Gasteiger partial charge in [-0.05, 0) is 12.8 Å². The number of rotatable bonds is 1. The molecule has 0 atom stereocenters. The fraction of sp³-hybridized carbons (Fsp3) is 0.667. The molecule has 0 aliphatic carbocycles. The molecule has 2 amide bonds. The first-order chi connectivity index (χ1) is 7.97. The van der Waals surface area contributed by atoms with Gasteiger partial charge in [0.25, 0.3) is 0 Å². The van der Waals surface area contributed by atoms with Crippen molar-refractivity contribution in [3.63, 3.8) is 0 Å². The standard InChI is InChI=1S/C12H19N3O2/c1-12(2,3)9-8-10(14-17-9)13-11(16)15-6-4-5-7-15/h8H,4-7H2,1-3H3,(H,13,14,16). The molecule has 1 aliphatic heterocycles. The summed E-state index contributed by atoms with van der Waals surface area (Å²) in [6.07, 6.45) is 2.17. The van der Waals surface area contributed by atoms with Crippen molar-refractivity contribution < 1.29 is 9.32 Å². The average molecular weight is 237 g/mol. The van der Waals surface area contributed by atoms with Gasteiger partial charge in [-0.3, -0.25) is 5.32 Å². The number of amides is 2. The van der Waals surface area contributed by atoms with Crippen LogP contribution in [0.4, 0.5) is 10.6 Å². The third-order valence-electron chi connectivity index (χ3n) is 2.88. The van der Waals surface area contributed by atoms with Gasteiger partial charge in [-0.1, -0.05) is 25.9 Å². The van der Waals surface area contributed by atoms with Crippen molar-refractivity contribution in [1.29, 1.82) is 0 Å². The first kappa shape index (κ1) is 12.0. The van der Waals surface area contributed by atoms with Crippen LogP contribution in [-0.4, -0.2) is 29.2 Å². The summed E-state index contributed by atoms with van der Waals surface area (Å²) in [6, 6.07) is 1.70. The number of urea groups is 1. The monoisotopic (exact) mass is 237 g/mol. The molecule has 0 saturated carbocycles. The summed E-state index contributed by atoms with van der Waals surface area (Å²) in [5.74, 6) is 1.26. The first-order valence-electron chi connectivity index (χ1n) is 6.00. The molecular formula is C12H19N3O2. The van der Waals surface area contributed by atoms with Crippen LogP contribution in [0.5, 0.6) is 0 Å². The Labute approximate surface area is 101 Å². The van der Waals surface area contributed by atoms with Crippen LogP contribution in [-0.2, 0) is 5.41 Å². The Hall–Kier alpha value is -1.52. The largest absolute Gasteiger partial charge is 0.359 e. The Morgan fingerprint density at radius 1 is 1.41 bits per heavy atom. The number of aromatic nitrogens is 1. The molecular weight excluding hydrogens is 218 g/mol. The lowest BCUT2D eigenvalue weighted by atomic mass is 9.93. The Morgan fingerprint density at radius 3 is 2.59 bits per heavy atom. The van der Waals surface area contributed by atoms with E-state index in [0.717, 1.165) is 31.7 Å². The normalized spacial score (nSPS) is 16.3. The summed E-state index contributed by atoms with van der Waals surface area (Å²) in [7, 11) is 0. The van der Waals surface area contributed by atoms with Gasteiger partial charge in [0.2, 0.25) is 0 Å². The molecule has 94 valence electrons. The number of nitrogens with one attached hydrogen (secondary N) is 1. The molecule has 1 fully saturated rings. The molecule has 5 nitrogen and oxygen atoms in total. The van der Waals surface area contributed by atoms with Crippen molar-refractivity contribution in [3.05, 3.63) is 11.8 Å². The fourth-order valence-electron chi connectivity index (χ4n) is 1.80. The highest BCUT2D eigenvalue weighted by molar-refractivity contribution is 5.88. The molecule has 2 heterocycles. The molecule has 1 aromatic rings. The highest BCUT2D eigenvalue weighted by atomic mass is 16.5. The number of hydrogen-bond acceptors (Lipinski definition) is 3. The Morgan fingerprint density at radius 2 is 2.06 bits per heavy atom. The van der Waals surface area contributed by atoms with E-state index >= 15 is 0 Å². The Balaban J connectivity index is 1.99. The second kappa shape index (κ2) is 4.39. The van der Waals surface area contributed by atoms with E-state index in [-0.39, 0.29) is 11.4 Å². The second-order valence-electron chi connectivity index (χ2n) is 5.45. The smallest absolute Gasteiger partial charge is 0.323 e. The van der Waals surface area contributed by atoms with Crippen molar-refractivity contribution in [2.24, 2.45) is 0 Å². The molecule has 5 heteroatoms. The van der Waals surface area contributed by atoms with E-state index in [2.05, 4.69) is 10.5 Å². The van der Waals surface area contributed by atoms with Crippen molar-refractivity contribution >= 4 is 11.8 Å². The lowest BCUT2D eigenvalue weighted by Crippen LogP contribution is -2.32. The summed E-state index contributed by atoms with van der Waals surface area (Å²) in [5, 5.41) is 6.62. The minimum Gasteiger partial charge on any atom is -0.359 e. The van der Waals surface area contributed by atoms with Crippen LogP contribution in [0.15, 0.2) is 10.6 Å². The van der Waals surface area contributed by atoms with Gasteiger partial charge in [0.1, 0.15) is 5.76 Å². The number of carbonyl (C=O) groups excluding carboxylic acids is 1. The number of anilines is 1. The van der Waals surface area contributed by atoms with Crippen LogP contribution >= 0.6 is 0 Å². The van der Waals surface area contributed by atoms with E-state index in [1.54, 1.807) is 11.0 Å². The Bertz CT molecular complexity index is 400. The minimum absolute atomic E-state index is 0.0868. The zero-order valence-corrected chi connectivity index (χ0v) is 10.6.